The third-order valence-corrected chi connectivity index (χ3v) is 2.86. The molecule has 0 saturated carbocycles. The monoisotopic (exact) mass is 306 g/mol. The van der Waals surface area contributed by atoms with E-state index in [1.54, 1.807) is 13.8 Å². The number of rotatable bonds is 5. The van der Waals surface area contributed by atoms with E-state index in [1.165, 1.54) is 18.2 Å². The molecule has 0 aromatic heterocycles. The lowest BCUT2D eigenvalue weighted by Crippen LogP contribution is -2.40. The number of hydrogen-bond donors (Lipinski definition) is 3. The van der Waals surface area contributed by atoms with E-state index in [0.717, 1.165) is 6.07 Å². The summed E-state index contributed by atoms with van der Waals surface area (Å²) in [5.41, 5.74) is -0.101. The van der Waals surface area contributed by atoms with Gasteiger partial charge < -0.3 is 20.5 Å². The molecule has 118 valence electrons. The van der Waals surface area contributed by atoms with E-state index in [4.69, 9.17) is 5.11 Å². The second-order valence-corrected chi connectivity index (χ2v) is 4.59. The molecule has 8 heteroatoms. The van der Waals surface area contributed by atoms with Gasteiger partial charge in [-0.15, -0.1) is 13.2 Å². The quantitative estimate of drug-likeness (QED) is 0.783. The topological polar surface area (TPSA) is 70.6 Å². The van der Waals surface area contributed by atoms with E-state index in [1.807, 2.05) is 0 Å². The average molecular weight is 306 g/mol. The van der Waals surface area contributed by atoms with Crippen molar-refractivity contribution in [3.05, 3.63) is 24.3 Å². The van der Waals surface area contributed by atoms with Gasteiger partial charge in [0.1, 0.15) is 0 Å². The standard InChI is InChI=1S/C13H17F3N2O3/c1-8(7-19)9(2)17-12(20)18-10-5-3-4-6-11(10)21-13(14,15)16/h3-6,8-9,19H,7H2,1-2H3,(H2,17,18,20). The highest BCUT2D eigenvalue weighted by Crippen LogP contribution is 2.29. The van der Waals surface area contributed by atoms with Gasteiger partial charge in [-0.1, -0.05) is 19.1 Å². The highest BCUT2D eigenvalue weighted by Gasteiger charge is 2.32. The molecule has 2 amide bonds. The van der Waals surface area contributed by atoms with Gasteiger partial charge >= 0.3 is 12.4 Å². The molecule has 0 aliphatic heterocycles. The Labute approximate surface area is 120 Å². The number of benzene rings is 1. The fourth-order valence-corrected chi connectivity index (χ4v) is 1.45. The first-order valence-corrected chi connectivity index (χ1v) is 6.26. The summed E-state index contributed by atoms with van der Waals surface area (Å²) >= 11 is 0. The second-order valence-electron chi connectivity index (χ2n) is 4.59. The summed E-state index contributed by atoms with van der Waals surface area (Å²) in [7, 11) is 0. The minimum Gasteiger partial charge on any atom is -0.404 e. The normalized spacial score (nSPS) is 14.2. The third kappa shape index (κ3) is 5.90. The van der Waals surface area contributed by atoms with Crippen molar-refractivity contribution in [2.24, 2.45) is 5.92 Å². The maximum atomic E-state index is 12.2. The maximum absolute atomic E-state index is 12.2. The highest BCUT2D eigenvalue weighted by atomic mass is 19.4. The molecule has 0 aliphatic carbocycles. The largest absolute Gasteiger partial charge is 0.573 e. The molecular formula is C13H17F3N2O3. The van der Waals surface area contributed by atoms with Crippen LogP contribution in [-0.4, -0.2) is 30.1 Å². The van der Waals surface area contributed by atoms with Crippen molar-refractivity contribution < 1.29 is 27.8 Å². The molecule has 1 aromatic rings. The molecule has 0 aliphatic rings. The SMILES string of the molecule is CC(CO)C(C)NC(=O)Nc1ccccc1OC(F)(F)F. The van der Waals surface area contributed by atoms with Crippen LogP contribution in [0, 0.1) is 5.92 Å². The van der Waals surface area contributed by atoms with Gasteiger partial charge in [-0.2, -0.15) is 0 Å². The zero-order chi connectivity index (χ0) is 16.0. The van der Waals surface area contributed by atoms with Crippen LogP contribution in [0.4, 0.5) is 23.7 Å². The number of hydrogen-bond acceptors (Lipinski definition) is 3. The summed E-state index contributed by atoms with van der Waals surface area (Å²) in [6, 6.07) is 4.20. The summed E-state index contributed by atoms with van der Waals surface area (Å²) < 4.78 is 40.6. The number of para-hydroxylation sites is 2. The molecular weight excluding hydrogens is 289 g/mol. The third-order valence-electron chi connectivity index (χ3n) is 2.86. The fourth-order valence-electron chi connectivity index (χ4n) is 1.45. The summed E-state index contributed by atoms with van der Waals surface area (Å²) in [4.78, 5) is 11.7. The number of aliphatic hydroxyl groups is 1. The first-order valence-electron chi connectivity index (χ1n) is 6.26. The Morgan fingerprint density at radius 3 is 2.52 bits per heavy atom. The van der Waals surface area contributed by atoms with Crippen LogP contribution in [0.15, 0.2) is 24.3 Å². The van der Waals surface area contributed by atoms with E-state index >= 15 is 0 Å². The van der Waals surface area contributed by atoms with Crippen LogP contribution in [0.1, 0.15) is 13.8 Å². The lowest BCUT2D eigenvalue weighted by molar-refractivity contribution is -0.274. The number of carbonyl (C=O) groups is 1. The van der Waals surface area contributed by atoms with E-state index in [-0.39, 0.29) is 24.3 Å². The number of nitrogens with one attached hydrogen (secondary N) is 2. The van der Waals surface area contributed by atoms with Crippen LogP contribution in [0.25, 0.3) is 0 Å². The summed E-state index contributed by atoms with van der Waals surface area (Å²) in [6.45, 7) is 3.29. The summed E-state index contributed by atoms with van der Waals surface area (Å²) in [5.74, 6) is -0.680. The van der Waals surface area contributed by atoms with Crippen molar-refractivity contribution in [1.82, 2.24) is 5.32 Å². The molecule has 0 saturated heterocycles. The van der Waals surface area contributed by atoms with Gasteiger partial charge in [0, 0.05) is 12.6 Å². The molecule has 0 radical (unpaired) electrons. The lowest BCUT2D eigenvalue weighted by Gasteiger charge is -2.20. The Morgan fingerprint density at radius 1 is 1.33 bits per heavy atom. The van der Waals surface area contributed by atoms with E-state index in [0.29, 0.717) is 0 Å². The Hall–Kier alpha value is -1.96. The Kier molecular flexibility index (Phi) is 5.83. The Bertz CT molecular complexity index is 480. The van der Waals surface area contributed by atoms with Crippen LogP contribution in [-0.2, 0) is 0 Å². The Balaban J connectivity index is 2.72. The van der Waals surface area contributed by atoms with Gasteiger partial charge in [-0.05, 0) is 25.0 Å². The van der Waals surface area contributed by atoms with Crippen LogP contribution in [0.3, 0.4) is 0 Å². The molecule has 2 atom stereocenters. The highest BCUT2D eigenvalue weighted by molar-refractivity contribution is 5.91. The van der Waals surface area contributed by atoms with Crippen molar-refractivity contribution in [2.75, 3.05) is 11.9 Å². The number of amides is 2. The first kappa shape index (κ1) is 17.1. The number of aliphatic hydroxyl groups excluding tert-OH is 1. The van der Waals surface area contributed by atoms with Crippen molar-refractivity contribution in [3.8, 4) is 5.75 Å². The van der Waals surface area contributed by atoms with Gasteiger partial charge in [0.2, 0.25) is 0 Å². The van der Waals surface area contributed by atoms with E-state index < -0.39 is 18.1 Å². The molecule has 1 aromatic carbocycles. The molecule has 0 fully saturated rings. The molecule has 0 spiro atoms. The number of ether oxygens (including phenoxy) is 1. The smallest absolute Gasteiger partial charge is 0.404 e. The minimum absolute atomic E-state index is 0.101. The first-order chi connectivity index (χ1) is 9.73. The number of anilines is 1. The average Bonchev–Trinajstić information content (AvgIpc) is 2.38. The molecule has 5 nitrogen and oxygen atoms in total. The second kappa shape index (κ2) is 7.16. The van der Waals surface area contributed by atoms with Crippen LogP contribution < -0.4 is 15.4 Å². The molecule has 1 rings (SSSR count). The predicted octanol–water partition coefficient (Wildman–Crippen LogP) is 2.72. The van der Waals surface area contributed by atoms with Crippen molar-refractivity contribution in [3.63, 3.8) is 0 Å². The van der Waals surface area contributed by atoms with Crippen LogP contribution in [0.5, 0.6) is 5.75 Å². The van der Waals surface area contributed by atoms with Gasteiger partial charge in [-0.3, -0.25) is 0 Å². The lowest BCUT2D eigenvalue weighted by atomic mass is 10.1. The van der Waals surface area contributed by atoms with Crippen molar-refractivity contribution in [2.45, 2.75) is 26.3 Å². The zero-order valence-corrected chi connectivity index (χ0v) is 11.6. The predicted molar refractivity (Wildman–Crippen MR) is 71.0 cm³/mol. The Morgan fingerprint density at radius 2 is 1.95 bits per heavy atom. The van der Waals surface area contributed by atoms with Gasteiger partial charge in [0.05, 0.1) is 5.69 Å². The molecule has 3 N–H and O–H groups in total. The van der Waals surface area contributed by atoms with Crippen LogP contribution >= 0.6 is 0 Å². The zero-order valence-electron chi connectivity index (χ0n) is 11.6. The maximum Gasteiger partial charge on any atom is 0.573 e. The van der Waals surface area contributed by atoms with Gasteiger partial charge in [0.15, 0.2) is 5.75 Å². The van der Waals surface area contributed by atoms with E-state index in [2.05, 4.69) is 15.4 Å². The van der Waals surface area contributed by atoms with Gasteiger partial charge in [0.25, 0.3) is 0 Å². The molecule has 0 bridgehead atoms. The van der Waals surface area contributed by atoms with Crippen LogP contribution in [0.2, 0.25) is 0 Å². The number of halogens is 3. The molecule has 2 unspecified atom stereocenters. The van der Waals surface area contributed by atoms with Gasteiger partial charge in [-0.25, -0.2) is 4.79 Å². The number of carbonyl (C=O) groups excluding carboxylic acids is 1. The van der Waals surface area contributed by atoms with E-state index in [9.17, 15) is 18.0 Å². The van der Waals surface area contributed by atoms with Crippen molar-refractivity contribution in [1.29, 1.82) is 0 Å². The fraction of sp³-hybridized carbons (Fsp3) is 0.462. The minimum atomic E-state index is -4.84. The van der Waals surface area contributed by atoms with Crippen molar-refractivity contribution >= 4 is 11.7 Å². The summed E-state index contributed by atoms with van der Waals surface area (Å²) in [5, 5.41) is 13.8. The molecule has 21 heavy (non-hydrogen) atoms. The number of alkyl halides is 3. The summed E-state index contributed by atoms with van der Waals surface area (Å²) in [6.07, 6.45) is -4.84. The number of urea groups is 1. The molecule has 0 heterocycles.